The van der Waals surface area contributed by atoms with Gasteiger partial charge in [0.25, 0.3) is 0 Å². The van der Waals surface area contributed by atoms with Crippen LogP contribution < -0.4 is 0 Å². The smallest absolute Gasteiger partial charge is 0.0535 e. The topological polar surface area (TPSA) is 15.8 Å². The lowest BCUT2D eigenvalue weighted by atomic mass is 9.96. The number of benzene rings is 2. The molecule has 0 aliphatic heterocycles. The average molecular weight is 588 g/mol. The van der Waals surface area contributed by atoms with Crippen LogP contribution >= 0.6 is 20.7 Å². The SMILES string of the molecule is C=C(C=I/C=C(C)/C(C)=C/C)c1cccc(/C=C(\C)Cc2cc3cccc(C(=C)/C=C/C)c3[nH]2)c1C. The van der Waals surface area contributed by atoms with E-state index in [1.807, 2.05) is 13.0 Å². The first-order valence-corrected chi connectivity index (χ1v) is 14.9. The molecule has 0 radical (unpaired) electrons. The minimum absolute atomic E-state index is 0.174. The van der Waals surface area contributed by atoms with Crippen LogP contribution in [0.3, 0.4) is 0 Å². The third-order valence-electron chi connectivity index (χ3n) is 6.49. The molecule has 36 heavy (non-hydrogen) atoms. The molecule has 0 fully saturated rings. The van der Waals surface area contributed by atoms with Crippen LogP contribution in [0.15, 0.2) is 94.7 Å². The third kappa shape index (κ3) is 6.82. The Morgan fingerprint density at radius 2 is 1.67 bits per heavy atom. The summed E-state index contributed by atoms with van der Waals surface area (Å²) in [6.07, 6.45) is 9.45. The number of H-pyrrole nitrogens is 1. The fraction of sp³-hybridized carbons (Fsp3) is 0.206. The molecule has 0 aliphatic carbocycles. The molecule has 186 valence electrons. The van der Waals surface area contributed by atoms with Gasteiger partial charge in [-0.25, -0.2) is 0 Å². The molecule has 0 saturated carbocycles. The molecule has 0 unspecified atom stereocenters. The molecule has 1 N–H and O–H groups in total. The summed E-state index contributed by atoms with van der Waals surface area (Å²) in [6.45, 7) is 21.5. The highest BCUT2D eigenvalue weighted by Crippen LogP contribution is 2.28. The molecule has 3 aromatic rings. The van der Waals surface area contributed by atoms with Crippen molar-refractivity contribution in [3.63, 3.8) is 0 Å². The fourth-order valence-electron chi connectivity index (χ4n) is 4.22. The molecule has 1 heterocycles. The van der Waals surface area contributed by atoms with E-state index in [1.165, 1.54) is 44.5 Å². The Balaban J connectivity index is 1.83. The van der Waals surface area contributed by atoms with E-state index < -0.39 is 0 Å². The summed E-state index contributed by atoms with van der Waals surface area (Å²) < 4.78 is 4.71. The second kappa shape index (κ2) is 12.8. The molecule has 0 atom stereocenters. The van der Waals surface area contributed by atoms with Gasteiger partial charge in [0, 0.05) is 23.1 Å². The molecule has 1 nitrogen and oxygen atoms in total. The maximum absolute atomic E-state index is 4.39. The molecule has 2 aromatic carbocycles. The number of para-hydroxylation sites is 1. The van der Waals surface area contributed by atoms with E-state index in [0.717, 1.165) is 28.6 Å². The molecular formula is C34H38IN. The number of aromatic nitrogens is 1. The van der Waals surface area contributed by atoms with Crippen LogP contribution in [-0.4, -0.2) is 9.00 Å². The molecule has 3 rings (SSSR count). The van der Waals surface area contributed by atoms with Gasteiger partial charge < -0.3 is 4.98 Å². The minimum Gasteiger partial charge on any atom is -0.358 e. The Labute approximate surface area is 227 Å². The molecule has 1 aromatic heterocycles. The van der Waals surface area contributed by atoms with E-state index in [-0.39, 0.29) is 20.7 Å². The number of halogens is 1. The number of aromatic amines is 1. The van der Waals surface area contributed by atoms with Crippen molar-refractivity contribution in [1.82, 2.24) is 4.98 Å². The standard InChI is InChI=1S/C34H38IN/c1-9-13-25(5)33-17-12-15-30-20-31(36-34(30)33)19-23(3)18-29-14-11-16-32(28(29)8)27(7)22-35-21-26(6)24(4)10-2/h9-18,20-22,36H,5,7,19H2,1-4,6,8H3/b13-9+,23-18+,24-10+,26-21+. The van der Waals surface area contributed by atoms with Crippen LogP contribution in [-0.2, 0) is 6.42 Å². The van der Waals surface area contributed by atoms with Gasteiger partial charge in [0.15, 0.2) is 0 Å². The zero-order chi connectivity index (χ0) is 26.2. The summed E-state index contributed by atoms with van der Waals surface area (Å²) >= 11 is -0.174. The summed E-state index contributed by atoms with van der Waals surface area (Å²) in [5.74, 6) is 0. The predicted molar refractivity (Wildman–Crippen MR) is 173 cm³/mol. The van der Waals surface area contributed by atoms with Crippen molar-refractivity contribution in [2.45, 2.75) is 48.0 Å². The van der Waals surface area contributed by atoms with Crippen molar-refractivity contribution in [2.75, 3.05) is 0 Å². The van der Waals surface area contributed by atoms with Crippen LogP contribution in [0.25, 0.3) is 28.1 Å². The number of allylic oxidation sites excluding steroid dienone is 8. The van der Waals surface area contributed by atoms with Crippen molar-refractivity contribution in [3.8, 4) is 0 Å². The van der Waals surface area contributed by atoms with Crippen LogP contribution in [0.1, 0.15) is 62.6 Å². The molecule has 0 spiro atoms. The summed E-state index contributed by atoms with van der Waals surface area (Å²) in [6, 6.07) is 15.2. The van der Waals surface area contributed by atoms with Gasteiger partial charge in [-0.2, -0.15) is 0 Å². The highest BCUT2D eigenvalue weighted by molar-refractivity contribution is 14.2. The maximum atomic E-state index is 4.39. The van der Waals surface area contributed by atoms with Gasteiger partial charge in [0.1, 0.15) is 0 Å². The van der Waals surface area contributed by atoms with E-state index >= 15 is 0 Å². The van der Waals surface area contributed by atoms with Crippen molar-refractivity contribution in [3.05, 3.63) is 123 Å². The zero-order valence-electron chi connectivity index (χ0n) is 22.5. The first-order valence-electron chi connectivity index (χ1n) is 12.4. The van der Waals surface area contributed by atoms with Gasteiger partial charge in [-0.05, 0) is 89.1 Å². The minimum atomic E-state index is -0.174. The lowest BCUT2D eigenvalue weighted by Gasteiger charge is -2.10. The molecule has 0 bridgehead atoms. The fourth-order valence-corrected chi connectivity index (χ4v) is 6.20. The second-order valence-electron chi connectivity index (χ2n) is 9.30. The Morgan fingerprint density at radius 3 is 2.39 bits per heavy atom. The summed E-state index contributed by atoms with van der Waals surface area (Å²) in [5.41, 5.74) is 13.5. The summed E-state index contributed by atoms with van der Waals surface area (Å²) in [7, 11) is 0. The lowest BCUT2D eigenvalue weighted by molar-refractivity contribution is 1.09. The lowest BCUT2D eigenvalue weighted by Crippen LogP contribution is -1.93. The number of hydrogen-bond donors (Lipinski definition) is 1. The number of hydrogen-bond acceptors (Lipinski definition) is 0. The molecule has 0 saturated heterocycles. The monoisotopic (exact) mass is 587 g/mol. The number of nitrogens with one attached hydrogen (secondary N) is 1. The average Bonchev–Trinajstić information content (AvgIpc) is 3.26. The van der Waals surface area contributed by atoms with Crippen molar-refractivity contribution in [1.29, 1.82) is 0 Å². The quantitative estimate of drug-likeness (QED) is 0.189. The first-order chi connectivity index (χ1) is 17.2. The Kier molecular flexibility index (Phi) is 9.83. The summed E-state index contributed by atoms with van der Waals surface area (Å²) in [4.78, 5) is 3.65. The van der Waals surface area contributed by atoms with Crippen LogP contribution in [0.5, 0.6) is 0 Å². The Morgan fingerprint density at radius 1 is 0.944 bits per heavy atom. The zero-order valence-corrected chi connectivity index (χ0v) is 24.7. The molecule has 0 aliphatic rings. The van der Waals surface area contributed by atoms with Gasteiger partial charge in [-0.1, -0.05) is 106 Å². The van der Waals surface area contributed by atoms with Crippen molar-refractivity contribution >= 4 is 52.9 Å². The van der Waals surface area contributed by atoms with Crippen LogP contribution in [0.2, 0.25) is 0 Å². The normalized spacial score (nSPS) is 13.6. The largest absolute Gasteiger partial charge is 0.358 e. The van der Waals surface area contributed by atoms with Crippen LogP contribution in [0, 0.1) is 6.92 Å². The van der Waals surface area contributed by atoms with E-state index in [0.29, 0.717) is 0 Å². The predicted octanol–water partition coefficient (Wildman–Crippen LogP) is 10.4. The Hall–Kier alpha value is -2.98. The highest BCUT2D eigenvalue weighted by Gasteiger charge is 2.09. The van der Waals surface area contributed by atoms with E-state index in [2.05, 4.69) is 122 Å². The molecule has 2 heteroatoms. The van der Waals surface area contributed by atoms with Gasteiger partial charge >= 0.3 is 0 Å². The van der Waals surface area contributed by atoms with Crippen LogP contribution in [0.4, 0.5) is 0 Å². The van der Waals surface area contributed by atoms with E-state index in [4.69, 9.17) is 0 Å². The Bertz CT molecular complexity index is 1430. The summed E-state index contributed by atoms with van der Waals surface area (Å²) in [5, 5.41) is 1.23. The molecular weight excluding hydrogens is 549 g/mol. The van der Waals surface area contributed by atoms with Gasteiger partial charge in [0.05, 0.1) is 5.52 Å². The van der Waals surface area contributed by atoms with Crippen molar-refractivity contribution in [2.24, 2.45) is 0 Å². The maximum Gasteiger partial charge on any atom is 0.0535 e. The van der Waals surface area contributed by atoms with E-state index in [9.17, 15) is 0 Å². The molecule has 0 amide bonds. The van der Waals surface area contributed by atoms with Gasteiger partial charge in [-0.15, -0.1) is 0 Å². The highest BCUT2D eigenvalue weighted by atomic mass is 127. The second-order valence-corrected chi connectivity index (χ2v) is 11.3. The first kappa shape index (κ1) is 27.6. The number of rotatable bonds is 9. The van der Waals surface area contributed by atoms with Crippen molar-refractivity contribution < 1.29 is 0 Å². The number of fused-ring (bicyclic) bond motifs is 1. The van der Waals surface area contributed by atoms with E-state index in [1.54, 1.807) is 0 Å². The van der Waals surface area contributed by atoms with Gasteiger partial charge in [-0.3, -0.25) is 0 Å². The third-order valence-corrected chi connectivity index (χ3v) is 8.90. The van der Waals surface area contributed by atoms with Gasteiger partial charge in [0.2, 0.25) is 0 Å².